The van der Waals surface area contributed by atoms with E-state index in [9.17, 15) is 4.79 Å². The molecule has 0 atom stereocenters. The maximum atomic E-state index is 12.5. The molecule has 1 aliphatic rings. The molecule has 0 radical (unpaired) electrons. The molecule has 0 spiro atoms. The number of carbonyl (C=O) groups is 1. The lowest BCUT2D eigenvalue weighted by atomic mass is 10.1. The summed E-state index contributed by atoms with van der Waals surface area (Å²) in [5, 5.41) is 14.8. The first kappa shape index (κ1) is 16.7. The number of ether oxygens (including phenoxy) is 1. The number of halogens is 1. The first-order valence-electron chi connectivity index (χ1n) is 7.87. The molecule has 7 nitrogen and oxygen atoms in total. The van der Waals surface area contributed by atoms with Gasteiger partial charge < -0.3 is 15.4 Å². The van der Waals surface area contributed by atoms with Crippen molar-refractivity contribution in [2.45, 2.75) is 25.8 Å². The number of carbonyl (C=O) groups excluding carboxylic acids is 1. The summed E-state index contributed by atoms with van der Waals surface area (Å²) < 4.78 is 6.96. The molecule has 2 heterocycles. The van der Waals surface area contributed by atoms with Gasteiger partial charge in [-0.25, -0.2) is 4.68 Å². The summed E-state index contributed by atoms with van der Waals surface area (Å²) in [5.41, 5.74) is 1.70. The number of hydrogen-bond acceptors (Lipinski definition) is 5. The fraction of sp³-hybridized carbons (Fsp3) is 0.438. The minimum Gasteiger partial charge on any atom is -0.495 e. The summed E-state index contributed by atoms with van der Waals surface area (Å²) in [4.78, 5) is 12.5. The smallest absolute Gasteiger partial charge is 0.278 e. The van der Waals surface area contributed by atoms with Crippen LogP contribution in [0.3, 0.4) is 0 Å². The van der Waals surface area contributed by atoms with Crippen molar-refractivity contribution in [1.29, 1.82) is 0 Å². The highest BCUT2D eigenvalue weighted by molar-refractivity contribution is 6.32. The Labute approximate surface area is 145 Å². The van der Waals surface area contributed by atoms with Gasteiger partial charge >= 0.3 is 0 Å². The number of nitrogens with zero attached hydrogens (tertiary/aromatic N) is 3. The molecule has 1 aliphatic heterocycles. The van der Waals surface area contributed by atoms with E-state index in [1.54, 1.807) is 25.3 Å². The molecule has 8 heteroatoms. The van der Waals surface area contributed by atoms with Crippen LogP contribution in [0.25, 0.3) is 0 Å². The van der Waals surface area contributed by atoms with Crippen LogP contribution >= 0.6 is 11.6 Å². The second-order valence-electron chi connectivity index (χ2n) is 5.75. The molecule has 2 N–H and O–H groups in total. The fourth-order valence-electron chi connectivity index (χ4n) is 2.88. The minimum absolute atomic E-state index is 0.288. The van der Waals surface area contributed by atoms with E-state index < -0.39 is 0 Å². The van der Waals surface area contributed by atoms with E-state index in [1.807, 2.05) is 11.6 Å². The van der Waals surface area contributed by atoms with Gasteiger partial charge in [0.1, 0.15) is 5.75 Å². The van der Waals surface area contributed by atoms with E-state index in [-0.39, 0.29) is 11.9 Å². The van der Waals surface area contributed by atoms with Gasteiger partial charge in [0.15, 0.2) is 5.69 Å². The summed E-state index contributed by atoms with van der Waals surface area (Å²) in [6.07, 6.45) is 1.97. The lowest BCUT2D eigenvalue weighted by Gasteiger charge is -2.23. The zero-order valence-electron chi connectivity index (χ0n) is 13.7. The third-order valence-electron chi connectivity index (χ3n) is 4.21. The highest BCUT2D eigenvalue weighted by Crippen LogP contribution is 2.27. The number of nitrogens with one attached hydrogen (secondary N) is 2. The fourth-order valence-corrected chi connectivity index (χ4v) is 3.14. The summed E-state index contributed by atoms with van der Waals surface area (Å²) in [7, 11) is 1.54. The average molecular weight is 350 g/mol. The number of hydrogen-bond donors (Lipinski definition) is 2. The van der Waals surface area contributed by atoms with Crippen molar-refractivity contribution in [3.05, 3.63) is 34.6 Å². The van der Waals surface area contributed by atoms with Gasteiger partial charge in [-0.05, 0) is 51.1 Å². The number of rotatable bonds is 4. The van der Waals surface area contributed by atoms with Gasteiger partial charge in [-0.1, -0.05) is 16.8 Å². The predicted octanol–water partition coefficient (Wildman–Crippen LogP) is 2.43. The van der Waals surface area contributed by atoms with Crippen LogP contribution in [0.2, 0.25) is 5.02 Å². The first-order valence-corrected chi connectivity index (χ1v) is 8.25. The number of anilines is 1. The van der Waals surface area contributed by atoms with Crippen molar-refractivity contribution in [3.8, 4) is 5.75 Å². The number of piperidine rings is 1. The number of amides is 1. The molecule has 1 amide bonds. The van der Waals surface area contributed by atoms with Gasteiger partial charge in [0, 0.05) is 5.69 Å². The van der Waals surface area contributed by atoms with Crippen LogP contribution in [0.5, 0.6) is 5.75 Å². The van der Waals surface area contributed by atoms with Crippen molar-refractivity contribution in [3.63, 3.8) is 0 Å². The Morgan fingerprint density at radius 3 is 2.83 bits per heavy atom. The van der Waals surface area contributed by atoms with Gasteiger partial charge in [-0.2, -0.15) is 0 Å². The molecule has 0 aliphatic carbocycles. The van der Waals surface area contributed by atoms with Gasteiger partial charge in [0.25, 0.3) is 5.91 Å². The Bertz CT molecular complexity index is 740. The van der Waals surface area contributed by atoms with E-state index in [0.717, 1.165) is 31.6 Å². The SMILES string of the molecule is COc1ccc(NC(=O)c2nnn(C3CCNCC3)c2C)cc1Cl. The van der Waals surface area contributed by atoms with E-state index in [4.69, 9.17) is 16.3 Å². The molecule has 0 bridgehead atoms. The molecule has 1 fully saturated rings. The molecule has 1 aromatic carbocycles. The zero-order chi connectivity index (χ0) is 17.1. The minimum atomic E-state index is -0.297. The lowest BCUT2D eigenvalue weighted by Crippen LogP contribution is -2.30. The number of benzene rings is 1. The second-order valence-corrected chi connectivity index (χ2v) is 6.16. The zero-order valence-corrected chi connectivity index (χ0v) is 14.4. The second kappa shape index (κ2) is 7.19. The molecular formula is C16H20ClN5O2. The van der Waals surface area contributed by atoms with E-state index in [0.29, 0.717) is 22.2 Å². The Morgan fingerprint density at radius 1 is 1.42 bits per heavy atom. The van der Waals surface area contributed by atoms with Gasteiger partial charge in [-0.3, -0.25) is 4.79 Å². The Kier molecular flexibility index (Phi) is 5.01. The summed E-state index contributed by atoms with van der Waals surface area (Å²) in [5.74, 6) is 0.261. The van der Waals surface area contributed by atoms with E-state index >= 15 is 0 Å². The first-order chi connectivity index (χ1) is 11.6. The van der Waals surface area contributed by atoms with Gasteiger partial charge in [0.2, 0.25) is 0 Å². The maximum Gasteiger partial charge on any atom is 0.278 e. The summed E-state index contributed by atoms with van der Waals surface area (Å²) >= 11 is 6.08. The molecular weight excluding hydrogens is 330 g/mol. The molecule has 24 heavy (non-hydrogen) atoms. The molecule has 0 unspecified atom stereocenters. The van der Waals surface area contributed by atoms with Crippen molar-refractivity contribution >= 4 is 23.2 Å². The normalized spacial score (nSPS) is 15.3. The topological polar surface area (TPSA) is 81.1 Å². The third-order valence-corrected chi connectivity index (χ3v) is 4.50. The highest BCUT2D eigenvalue weighted by Gasteiger charge is 2.23. The van der Waals surface area contributed by atoms with Crippen molar-refractivity contribution in [2.24, 2.45) is 0 Å². The van der Waals surface area contributed by atoms with Crippen LogP contribution in [0.15, 0.2) is 18.2 Å². The molecule has 1 saturated heterocycles. The quantitative estimate of drug-likeness (QED) is 0.886. The Morgan fingerprint density at radius 2 is 2.17 bits per heavy atom. The molecule has 3 rings (SSSR count). The van der Waals surface area contributed by atoms with Crippen molar-refractivity contribution in [2.75, 3.05) is 25.5 Å². The largest absolute Gasteiger partial charge is 0.495 e. The average Bonchev–Trinajstić information content (AvgIpc) is 2.97. The van der Waals surface area contributed by atoms with Crippen LogP contribution < -0.4 is 15.4 Å². The summed E-state index contributed by atoms with van der Waals surface area (Å²) in [6.45, 7) is 3.78. The van der Waals surface area contributed by atoms with Gasteiger partial charge in [0.05, 0.1) is 23.9 Å². The van der Waals surface area contributed by atoms with E-state index in [1.165, 1.54) is 0 Å². The lowest BCUT2D eigenvalue weighted by molar-refractivity contribution is 0.102. The maximum absolute atomic E-state index is 12.5. The predicted molar refractivity (Wildman–Crippen MR) is 91.9 cm³/mol. The standard InChI is InChI=1S/C16H20ClN5O2/c1-10-15(20-21-22(10)12-5-7-18-8-6-12)16(23)19-11-3-4-14(24-2)13(17)9-11/h3-4,9,12,18H,5-8H2,1-2H3,(H,19,23). The summed E-state index contributed by atoms with van der Waals surface area (Å²) in [6, 6.07) is 5.37. The molecule has 128 valence electrons. The van der Waals surface area contributed by atoms with Crippen LogP contribution in [0, 0.1) is 6.92 Å². The van der Waals surface area contributed by atoms with E-state index in [2.05, 4.69) is 20.9 Å². The monoisotopic (exact) mass is 349 g/mol. The van der Waals surface area contributed by atoms with Gasteiger partial charge in [-0.15, -0.1) is 5.10 Å². The molecule has 1 aromatic heterocycles. The van der Waals surface area contributed by atoms with Crippen molar-refractivity contribution in [1.82, 2.24) is 20.3 Å². The van der Waals surface area contributed by atoms with Crippen LogP contribution in [0.1, 0.15) is 35.1 Å². The third kappa shape index (κ3) is 3.37. The van der Waals surface area contributed by atoms with Crippen LogP contribution in [0.4, 0.5) is 5.69 Å². The van der Waals surface area contributed by atoms with Crippen LogP contribution in [-0.2, 0) is 0 Å². The Hall–Kier alpha value is -2.12. The Balaban J connectivity index is 1.75. The van der Waals surface area contributed by atoms with Crippen molar-refractivity contribution < 1.29 is 9.53 Å². The molecule has 0 saturated carbocycles. The highest BCUT2D eigenvalue weighted by atomic mass is 35.5. The number of methoxy groups -OCH3 is 1. The molecule has 2 aromatic rings. The number of aromatic nitrogens is 3. The van der Waals surface area contributed by atoms with Crippen LogP contribution in [-0.4, -0.2) is 41.1 Å².